The molecule has 2 aromatic carbocycles. The topological polar surface area (TPSA) is 30.5 Å². The summed E-state index contributed by atoms with van der Waals surface area (Å²) in [7, 11) is 0. The molecule has 20 heavy (non-hydrogen) atoms. The van der Waals surface area contributed by atoms with Crippen molar-refractivity contribution in [3.05, 3.63) is 52.8 Å². The largest absolute Gasteiger partial charge is 0.486 e. The van der Waals surface area contributed by atoms with E-state index in [-0.39, 0.29) is 5.02 Å². The first-order valence-corrected chi connectivity index (χ1v) is 6.68. The number of fused-ring (bicyclic) bond motifs is 1. The van der Waals surface area contributed by atoms with Crippen LogP contribution >= 0.6 is 11.6 Å². The molecule has 3 nitrogen and oxygen atoms in total. The van der Waals surface area contributed by atoms with E-state index in [1.54, 1.807) is 6.07 Å². The lowest BCUT2D eigenvalue weighted by molar-refractivity contribution is 0.170. The third-order valence-corrected chi connectivity index (χ3v) is 3.36. The van der Waals surface area contributed by atoms with E-state index in [9.17, 15) is 4.39 Å². The highest BCUT2D eigenvalue weighted by Gasteiger charge is 2.15. The SMILES string of the molecule is Fc1cc(NCc2cccc3c2OCCO3)ccc1Cl. The Morgan fingerprint density at radius 2 is 2.00 bits per heavy atom. The van der Waals surface area contributed by atoms with Gasteiger partial charge < -0.3 is 14.8 Å². The molecule has 0 fully saturated rings. The van der Waals surface area contributed by atoms with Gasteiger partial charge in [-0.15, -0.1) is 0 Å². The van der Waals surface area contributed by atoms with Crippen molar-refractivity contribution in [2.45, 2.75) is 6.54 Å². The average Bonchev–Trinajstić information content (AvgIpc) is 2.48. The van der Waals surface area contributed by atoms with E-state index in [0.717, 1.165) is 17.1 Å². The second-order valence-electron chi connectivity index (χ2n) is 4.42. The van der Waals surface area contributed by atoms with Gasteiger partial charge in [0.15, 0.2) is 11.5 Å². The predicted octanol–water partition coefficient (Wildman–Crippen LogP) is 3.86. The Labute approximate surface area is 121 Å². The Morgan fingerprint density at radius 3 is 2.85 bits per heavy atom. The molecule has 0 atom stereocenters. The van der Waals surface area contributed by atoms with Crippen LogP contribution in [0.3, 0.4) is 0 Å². The minimum atomic E-state index is -0.439. The third-order valence-electron chi connectivity index (χ3n) is 3.05. The second kappa shape index (κ2) is 5.59. The summed E-state index contributed by atoms with van der Waals surface area (Å²) in [5, 5.41) is 3.26. The molecule has 0 bridgehead atoms. The van der Waals surface area contributed by atoms with Crippen LogP contribution in [0.15, 0.2) is 36.4 Å². The quantitative estimate of drug-likeness (QED) is 0.932. The van der Waals surface area contributed by atoms with Crippen molar-refractivity contribution in [1.29, 1.82) is 0 Å². The number of hydrogen-bond acceptors (Lipinski definition) is 3. The lowest BCUT2D eigenvalue weighted by atomic mass is 10.1. The van der Waals surface area contributed by atoms with Crippen LogP contribution in [-0.4, -0.2) is 13.2 Å². The summed E-state index contributed by atoms with van der Waals surface area (Å²) >= 11 is 5.65. The maximum atomic E-state index is 13.4. The van der Waals surface area contributed by atoms with Gasteiger partial charge in [-0.3, -0.25) is 0 Å². The number of hydrogen-bond donors (Lipinski definition) is 1. The molecule has 5 heteroatoms. The van der Waals surface area contributed by atoms with Gasteiger partial charge in [0.05, 0.1) is 5.02 Å². The highest BCUT2D eigenvalue weighted by atomic mass is 35.5. The van der Waals surface area contributed by atoms with Crippen molar-refractivity contribution in [3.63, 3.8) is 0 Å². The van der Waals surface area contributed by atoms with Crippen LogP contribution in [-0.2, 0) is 6.54 Å². The van der Waals surface area contributed by atoms with Crippen LogP contribution in [0.2, 0.25) is 5.02 Å². The fourth-order valence-electron chi connectivity index (χ4n) is 2.08. The zero-order valence-corrected chi connectivity index (χ0v) is 11.4. The average molecular weight is 294 g/mol. The lowest BCUT2D eigenvalue weighted by Gasteiger charge is -2.21. The van der Waals surface area contributed by atoms with Crippen LogP contribution < -0.4 is 14.8 Å². The van der Waals surface area contributed by atoms with E-state index < -0.39 is 5.82 Å². The van der Waals surface area contributed by atoms with Gasteiger partial charge in [-0.2, -0.15) is 0 Å². The molecule has 2 aromatic rings. The predicted molar refractivity (Wildman–Crippen MR) is 76.2 cm³/mol. The monoisotopic (exact) mass is 293 g/mol. The van der Waals surface area contributed by atoms with Gasteiger partial charge in [-0.05, 0) is 24.3 Å². The smallest absolute Gasteiger partial charge is 0.166 e. The molecule has 104 valence electrons. The summed E-state index contributed by atoms with van der Waals surface area (Å²) in [6, 6.07) is 10.4. The first-order valence-electron chi connectivity index (χ1n) is 6.30. The maximum absolute atomic E-state index is 13.4. The highest BCUT2D eigenvalue weighted by molar-refractivity contribution is 6.30. The number of halogens is 2. The fourth-order valence-corrected chi connectivity index (χ4v) is 2.19. The summed E-state index contributed by atoms with van der Waals surface area (Å²) in [6.07, 6.45) is 0. The Morgan fingerprint density at radius 1 is 1.15 bits per heavy atom. The molecule has 0 spiro atoms. The summed E-state index contributed by atoms with van der Waals surface area (Å²) in [6.45, 7) is 1.62. The highest BCUT2D eigenvalue weighted by Crippen LogP contribution is 2.34. The summed E-state index contributed by atoms with van der Waals surface area (Å²) < 4.78 is 24.5. The van der Waals surface area contributed by atoms with Crippen molar-refractivity contribution >= 4 is 17.3 Å². The standard InChI is InChI=1S/C15H13ClFNO2/c16-12-5-4-11(8-13(12)17)18-9-10-2-1-3-14-15(10)20-7-6-19-14/h1-5,8,18H,6-7,9H2. The van der Waals surface area contributed by atoms with Gasteiger partial charge in [0, 0.05) is 17.8 Å². The molecule has 0 radical (unpaired) electrons. The van der Waals surface area contributed by atoms with Crippen LogP contribution in [0, 0.1) is 5.82 Å². The number of benzene rings is 2. The van der Waals surface area contributed by atoms with Crippen LogP contribution in [0.1, 0.15) is 5.56 Å². The van der Waals surface area contributed by atoms with Crippen LogP contribution in [0.4, 0.5) is 10.1 Å². The summed E-state index contributed by atoms with van der Waals surface area (Å²) in [4.78, 5) is 0. The van der Waals surface area contributed by atoms with E-state index in [1.807, 2.05) is 18.2 Å². The lowest BCUT2D eigenvalue weighted by Crippen LogP contribution is -2.17. The van der Waals surface area contributed by atoms with Gasteiger partial charge in [-0.25, -0.2) is 4.39 Å². The molecule has 0 aromatic heterocycles. The van der Waals surface area contributed by atoms with Crippen molar-refractivity contribution in [1.82, 2.24) is 0 Å². The Hall–Kier alpha value is -1.94. The summed E-state index contributed by atoms with van der Waals surface area (Å²) in [5.74, 6) is 1.06. The second-order valence-corrected chi connectivity index (χ2v) is 4.83. The zero-order valence-electron chi connectivity index (χ0n) is 10.7. The molecule has 1 heterocycles. The molecule has 0 amide bonds. The molecule has 1 N–H and O–H groups in total. The molecule has 0 saturated carbocycles. The van der Waals surface area contributed by atoms with Crippen LogP contribution in [0.5, 0.6) is 11.5 Å². The van der Waals surface area contributed by atoms with E-state index in [1.165, 1.54) is 12.1 Å². The van der Waals surface area contributed by atoms with Crippen molar-refractivity contribution in [2.24, 2.45) is 0 Å². The zero-order chi connectivity index (χ0) is 13.9. The molecular weight excluding hydrogens is 281 g/mol. The Kier molecular flexibility index (Phi) is 3.65. The van der Waals surface area contributed by atoms with Gasteiger partial charge >= 0.3 is 0 Å². The molecule has 0 saturated heterocycles. The van der Waals surface area contributed by atoms with E-state index in [2.05, 4.69) is 5.32 Å². The molecule has 1 aliphatic rings. The minimum absolute atomic E-state index is 0.115. The van der Waals surface area contributed by atoms with Gasteiger partial charge in [0.2, 0.25) is 0 Å². The number of anilines is 1. The van der Waals surface area contributed by atoms with Gasteiger partial charge in [0.1, 0.15) is 19.0 Å². The van der Waals surface area contributed by atoms with Gasteiger partial charge in [-0.1, -0.05) is 23.7 Å². The molecule has 0 unspecified atom stereocenters. The van der Waals surface area contributed by atoms with E-state index in [0.29, 0.717) is 25.4 Å². The number of ether oxygens (including phenoxy) is 2. The molecular formula is C15H13ClFNO2. The normalized spacial score (nSPS) is 13.1. The number of nitrogens with one attached hydrogen (secondary N) is 1. The first-order chi connectivity index (χ1) is 9.74. The van der Waals surface area contributed by atoms with E-state index >= 15 is 0 Å². The van der Waals surface area contributed by atoms with Crippen molar-refractivity contribution in [2.75, 3.05) is 18.5 Å². The maximum Gasteiger partial charge on any atom is 0.166 e. The molecule has 1 aliphatic heterocycles. The Balaban J connectivity index is 1.76. The fraction of sp³-hybridized carbons (Fsp3) is 0.200. The number of para-hydroxylation sites is 1. The molecule has 0 aliphatic carbocycles. The van der Waals surface area contributed by atoms with Crippen molar-refractivity contribution < 1.29 is 13.9 Å². The van der Waals surface area contributed by atoms with E-state index in [4.69, 9.17) is 21.1 Å². The Bertz CT molecular complexity index is 633. The van der Waals surface area contributed by atoms with Gasteiger partial charge in [0.25, 0.3) is 0 Å². The third kappa shape index (κ3) is 2.65. The number of rotatable bonds is 3. The minimum Gasteiger partial charge on any atom is -0.486 e. The van der Waals surface area contributed by atoms with Crippen LogP contribution in [0.25, 0.3) is 0 Å². The summed E-state index contributed by atoms with van der Waals surface area (Å²) in [5.41, 5.74) is 1.64. The first kappa shape index (κ1) is 13.1. The molecule has 3 rings (SSSR count). The van der Waals surface area contributed by atoms with Crippen molar-refractivity contribution in [3.8, 4) is 11.5 Å².